The zero-order chi connectivity index (χ0) is 21.4. The molecule has 29 heavy (non-hydrogen) atoms. The van der Waals surface area contributed by atoms with Crippen LogP contribution in [0.4, 0.5) is 5.69 Å². The molecule has 1 atom stereocenters. The van der Waals surface area contributed by atoms with Crippen molar-refractivity contribution >= 4 is 40.0 Å². The zero-order valence-corrected chi connectivity index (χ0v) is 17.3. The van der Waals surface area contributed by atoms with Crippen molar-refractivity contribution in [2.45, 2.75) is 11.0 Å². The van der Waals surface area contributed by atoms with Gasteiger partial charge in [-0.2, -0.15) is 0 Å². The van der Waals surface area contributed by atoms with Crippen molar-refractivity contribution in [3.05, 3.63) is 77.0 Å². The highest BCUT2D eigenvalue weighted by atomic mass is 35.7. The Morgan fingerprint density at radius 2 is 1.52 bits per heavy atom. The van der Waals surface area contributed by atoms with E-state index in [9.17, 15) is 4.79 Å². The molecule has 0 saturated heterocycles. The number of anilines is 1. The first-order chi connectivity index (χ1) is 13.6. The van der Waals surface area contributed by atoms with E-state index in [1.54, 1.807) is 0 Å². The molecule has 0 saturated carbocycles. The molecule has 8 nitrogen and oxygen atoms in total. The number of rotatable bonds is 5. The van der Waals surface area contributed by atoms with Crippen LogP contribution in [0.1, 0.15) is 16.8 Å². The van der Waals surface area contributed by atoms with Crippen LogP contribution in [0.2, 0.25) is 0 Å². The Bertz CT molecular complexity index is 870. The fourth-order valence-corrected chi connectivity index (χ4v) is 4.78. The van der Waals surface area contributed by atoms with Gasteiger partial charge in [0.1, 0.15) is 5.70 Å². The topological polar surface area (TPSA) is 173 Å². The predicted octanol–water partition coefficient (Wildman–Crippen LogP) is -2.29. The number of Topliss-reactive ketones (excluding diaryl/α,β-unsaturated/α-hetero) is 1. The summed E-state index contributed by atoms with van der Waals surface area (Å²) in [6, 6.07) is 19.0. The van der Waals surface area contributed by atoms with Gasteiger partial charge in [0.05, 0.1) is 9.61 Å². The van der Waals surface area contributed by atoms with Gasteiger partial charge in [-0.15, -0.1) is 10.2 Å². The van der Waals surface area contributed by atoms with Gasteiger partial charge >= 0.3 is 0 Å². The first kappa shape index (κ1) is 23.2. The van der Waals surface area contributed by atoms with E-state index < -0.39 is 10.2 Å². The van der Waals surface area contributed by atoms with E-state index in [0.29, 0.717) is 22.1 Å². The summed E-state index contributed by atoms with van der Waals surface area (Å²) in [6.45, 7) is 0. The third kappa shape index (κ3) is 8.46. The molecule has 1 unspecified atom stereocenters. The van der Waals surface area contributed by atoms with E-state index in [0.717, 1.165) is 11.4 Å². The van der Waals surface area contributed by atoms with Crippen LogP contribution >= 0.6 is 23.5 Å². The van der Waals surface area contributed by atoms with Crippen molar-refractivity contribution in [1.29, 1.82) is 0 Å². The Hall–Kier alpha value is -2.05. The maximum atomic E-state index is 12.3. The molecule has 0 amide bonds. The Balaban J connectivity index is 0.000000537. The molecule has 2 aromatic rings. The number of hydrogen-bond donors (Lipinski definition) is 3. The average Bonchev–Trinajstić information content (AvgIpc) is 2.65. The van der Waals surface area contributed by atoms with Crippen molar-refractivity contribution in [1.82, 2.24) is 0 Å². The van der Waals surface area contributed by atoms with Gasteiger partial charge in [0.15, 0.2) is 5.78 Å². The largest absolute Gasteiger partial charge is 0.392 e. The number of para-hydroxylation sites is 1. The van der Waals surface area contributed by atoms with Crippen molar-refractivity contribution in [3.8, 4) is 0 Å². The molecule has 0 spiro atoms. The van der Waals surface area contributed by atoms with Crippen molar-refractivity contribution in [3.63, 3.8) is 0 Å². The van der Waals surface area contributed by atoms with E-state index in [1.165, 1.54) is 23.5 Å². The van der Waals surface area contributed by atoms with Gasteiger partial charge in [-0.1, -0.05) is 60.3 Å². The predicted molar refractivity (Wildman–Crippen MR) is 103 cm³/mol. The molecule has 0 radical (unpaired) electrons. The SMILES string of the molecule is NC1=C(Nc2ccccc2)C(=[NH2+])SC(CC(=O)c2ccccc2)S1.[O-][Cl+3]([O-])([O-])[O-]. The van der Waals surface area contributed by atoms with Crippen molar-refractivity contribution in [2.24, 2.45) is 5.73 Å². The van der Waals surface area contributed by atoms with Crippen LogP contribution in [0, 0.1) is 10.2 Å². The van der Waals surface area contributed by atoms with E-state index >= 15 is 0 Å². The monoisotopic (exact) mass is 455 g/mol. The first-order valence-electron chi connectivity index (χ1n) is 8.11. The van der Waals surface area contributed by atoms with Crippen LogP contribution in [0.3, 0.4) is 0 Å². The third-order valence-electron chi connectivity index (χ3n) is 3.50. The zero-order valence-electron chi connectivity index (χ0n) is 14.9. The molecule has 1 heterocycles. The minimum Gasteiger partial charge on any atom is -0.392 e. The number of thioether (sulfide) groups is 2. The van der Waals surface area contributed by atoms with Crippen LogP contribution in [0.15, 0.2) is 71.4 Å². The summed E-state index contributed by atoms with van der Waals surface area (Å²) in [5, 5.41) is 10.7. The standard InChI is InChI=1S/C18H17N3OS2.ClHO4/c19-17-16(21-13-9-5-2-6-10-13)18(20)24-15(23-17)11-14(22)12-7-3-1-4-8-12;2-1(3,4)5/h1-10,15,19,21H,11,20H2;(H,2,3,4,5). The van der Waals surface area contributed by atoms with Gasteiger partial charge in [0.25, 0.3) is 5.04 Å². The minimum atomic E-state index is -4.94. The number of hydrogen-bond acceptors (Lipinski definition) is 9. The van der Waals surface area contributed by atoms with E-state index in [-0.39, 0.29) is 10.4 Å². The summed E-state index contributed by atoms with van der Waals surface area (Å²) < 4.78 is 34.0. The molecule has 11 heteroatoms. The van der Waals surface area contributed by atoms with Crippen LogP contribution < -0.4 is 35.1 Å². The van der Waals surface area contributed by atoms with Crippen LogP contribution in [0.25, 0.3) is 0 Å². The van der Waals surface area contributed by atoms with Crippen molar-refractivity contribution in [2.75, 3.05) is 5.32 Å². The van der Waals surface area contributed by atoms with E-state index in [4.69, 9.17) is 29.8 Å². The second-order valence-corrected chi connectivity index (χ2v) is 9.17. The van der Waals surface area contributed by atoms with Gasteiger partial charge in [0, 0.05) is 17.7 Å². The van der Waals surface area contributed by atoms with Gasteiger partial charge in [-0.3, -0.25) is 4.79 Å². The summed E-state index contributed by atoms with van der Waals surface area (Å²) >= 11 is 2.95. The molecule has 0 aromatic heterocycles. The molecule has 1 aliphatic heterocycles. The normalized spacial score (nSPS) is 16.7. The van der Waals surface area contributed by atoms with Gasteiger partial charge in [-0.05, 0) is 23.9 Å². The number of benzene rings is 2. The second-order valence-electron chi connectivity index (χ2n) is 5.63. The molecule has 1 aliphatic rings. The number of nitrogens with two attached hydrogens (primary N) is 2. The Kier molecular flexibility index (Phi) is 8.53. The van der Waals surface area contributed by atoms with E-state index in [2.05, 4.69) is 5.32 Å². The lowest BCUT2D eigenvalue weighted by Crippen LogP contribution is -2.68. The van der Waals surface area contributed by atoms with Crippen molar-refractivity contribution < 1.29 is 39.1 Å². The molecule has 154 valence electrons. The lowest BCUT2D eigenvalue weighted by Gasteiger charge is -2.22. The lowest BCUT2D eigenvalue weighted by molar-refractivity contribution is -2.00. The number of carbonyl (C=O) groups excluding carboxylic acids is 1. The summed E-state index contributed by atoms with van der Waals surface area (Å²) in [6.07, 6.45) is 0.388. The smallest absolute Gasteiger partial charge is 0.259 e. The van der Waals surface area contributed by atoms with Crippen LogP contribution in [0.5, 0.6) is 0 Å². The lowest BCUT2D eigenvalue weighted by atomic mass is 10.1. The number of nitrogens with one attached hydrogen (secondary N) is 1. The van der Waals surface area contributed by atoms with Gasteiger partial charge in [-0.25, -0.2) is 24.0 Å². The Morgan fingerprint density at radius 1 is 1.00 bits per heavy atom. The average molecular weight is 456 g/mol. The quantitative estimate of drug-likeness (QED) is 0.419. The third-order valence-corrected chi connectivity index (χ3v) is 5.85. The highest BCUT2D eigenvalue weighted by Gasteiger charge is 2.31. The highest BCUT2D eigenvalue weighted by molar-refractivity contribution is 8.27. The maximum absolute atomic E-state index is 12.3. The number of carbonyl (C=O) groups is 1. The van der Waals surface area contributed by atoms with Crippen LogP contribution in [-0.2, 0) is 0 Å². The Morgan fingerprint density at radius 3 is 2.03 bits per heavy atom. The number of ketones is 1. The summed E-state index contributed by atoms with van der Waals surface area (Å²) in [4.78, 5) is 12.3. The summed E-state index contributed by atoms with van der Waals surface area (Å²) in [7, 11) is -4.94. The molecule has 0 fully saturated rings. The second kappa shape index (κ2) is 10.6. The molecular formula is C18H18ClN3O5S2. The first-order valence-corrected chi connectivity index (χ1v) is 11.1. The molecule has 2 aromatic carbocycles. The minimum absolute atomic E-state index is 0.0148. The summed E-state index contributed by atoms with van der Waals surface area (Å²) in [5.74, 6) is 0.0978. The Labute approximate surface area is 178 Å². The van der Waals surface area contributed by atoms with E-state index in [1.807, 2.05) is 60.7 Å². The number of halogens is 1. The fourth-order valence-electron chi connectivity index (χ4n) is 2.31. The molecular weight excluding hydrogens is 438 g/mol. The van der Waals surface area contributed by atoms with Crippen LogP contribution in [-0.4, -0.2) is 15.4 Å². The molecule has 3 rings (SSSR count). The molecule has 0 bridgehead atoms. The summed E-state index contributed by atoms with van der Waals surface area (Å²) in [5.41, 5.74) is 8.54. The fraction of sp³-hybridized carbons (Fsp3) is 0.111. The molecule has 0 aliphatic carbocycles. The van der Waals surface area contributed by atoms with Gasteiger partial charge in [0.2, 0.25) is 0 Å². The highest BCUT2D eigenvalue weighted by Crippen LogP contribution is 2.39. The van der Waals surface area contributed by atoms with Gasteiger partial charge < -0.3 is 11.1 Å². The maximum Gasteiger partial charge on any atom is 0.259 e. The molecule has 5 N–H and O–H groups in total.